The third kappa shape index (κ3) is 4.70. The summed E-state index contributed by atoms with van der Waals surface area (Å²) in [4.78, 5) is 18.9. The second kappa shape index (κ2) is 8.41. The number of nitrogens with one attached hydrogen (secondary N) is 1. The van der Waals surface area contributed by atoms with Gasteiger partial charge in [0.05, 0.1) is 16.9 Å². The SMILES string of the molecule is Cc1noc(-c2ccc(C(=O)Nc3cc(C(F)(F)F)ccc3N3CCCCC3)cc2)n1. The number of aromatic nitrogens is 2. The summed E-state index contributed by atoms with van der Waals surface area (Å²) in [5.74, 6) is 0.326. The summed E-state index contributed by atoms with van der Waals surface area (Å²) in [7, 11) is 0. The summed E-state index contributed by atoms with van der Waals surface area (Å²) < 4.78 is 44.9. The number of anilines is 2. The smallest absolute Gasteiger partial charge is 0.370 e. The van der Waals surface area contributed by atoms with Crippen molar-refractivity contribution in [3.8, 4) is 11.5 Å². The molecule has 1 N–H and O–H groups in total. The Kier molecular flexibility index (Phi) is 5.67. The maximum atomic E-state index is 13.3. The second-order valence-corrected chi connectivity index (χ2v) is 7.46. The maximum absolute atomic E-state index is 13.3. The number of aryl methyl sites for hydroxylation is 1. The van der Waals surface area contributed by atoms with Gasteiger partial charge in [0.15, 0.2) is 5.82 Å². The monoisotopic (exact) mass is 430 g/mol. The molecule has 0 spiro atoms. The summed E-state index contributed by atoms with van der Waals surface area (Å²) in [6, 6.07) is 9.93. The minimum Gasteiger partial charge on any atom is -0.370 e. The van der Waals surface area contributed by atoms with E-state index in [4.69, 9.17) is 4.52 Å². The molecular formula is C22H21F3N4O2. The Labute approximate surface area is 177 Å². The molecule has 9 heteroatoms. The largest absolute Gasteiger partial charge is 0.416 e. The summed E-state index contributed by atoms with van der Waals surface area (Å²) in [5.41, 5.74) is 0.898. The molecule has 4 rings (SSSR count). The Balaban J connectivity index is 1.59. The minimum absolute atomic E-state index is 0.151. The molecule has 1 aliphatic rings. The number of carbonyl (C=O) groups is 1. The van der Waals surface area contributed by atoms with Crippen molar-refractivity contribution in [2.24, 2.45) is 0 Å². The Morgan fingerprint density at radius 3 is 2.39 bits per heavy atom. The molecule has 6 nitrogen and oxygen atoms in total. The van der Waals surface area contributed by atoms with Crippen LogP contribution in [-0.2, 0) is 6.18 Å². The van der Waals surface area contributed by atoms with Crippen molar-refractivity contribution in [2.75, 3.05) is 23.3 Å². The molecule has 0 bridgehead atoms. The number of rotatable bonds is 4. The second-order valence-electron chi connectivity index (χ2n) is 7.46. The van der Waals surface area contributed by atoms with Crippen LogP contribution >= 0.6 is 0 Å². The van der Waals surface area contributed by atoms with E-state index in [2.05, 4.69) is 15.5 Å². The van der Waals surface area contributed by atoms with Crippen molar-refractivity contribution in [1.82, 2.24) is 10.1 Å². The molecule has 0 radical (unpaired) electrons. The van der Waals surface area contributed by atoms with Gasteiger partial charge in [-0.1, -0.05) is 5.16 Å². The van der Waals surface area contributed by atoms with Crippen LogP contribution in [0.1, 0.15) is 41.0 Å². The number of amides is 1. The molecule has 31 heavy (non-hydrogen) atoms. The molecule has 0 atom stereocenters. The van der Waals surface area contributed by atoms with Crippen molar-refractivity contribution < 1.29 is 22.5 Å². The summed E-state index contributed by atoms with van der Waals surface area (Å²) in [5, 5.41) is 6.39. The van der Waals surface area contributed by atoms with Gasteiger partial charge in [-0.25, -0.2) is 0 Å². The van der Waals surface area contributed by atoms with Gasteiger partial charge in [-0.05, 0) is 68.7 Å². The van der Waals surface area contributed by atoms with E-state index in [0.717, 1.165) is 44.5 Å². The zero-order valence-corrected chi connectivity index (χ0v) is 16.9. The van der Waals surface area contributed by atoms with Crippen LogP contribution in [0, 0.1) is 6.92 Å². The van der Waals surface area contributed by atoms with E-state index >= 15 is 0 Å². The molecule has 1 aromatic heterocycles. The Morgan fingerprint density at radius 2 is 1.77 bits per heavy atom. The van der Waals surface area contributed by atoms with Gasteiger partial charge in [0.2, 0.25) is 0 Å². The first-order valence-corrected chi connectivity index (χ1v) is 9.99. The lowest BCUT2D eigenvalue weighted by Crippen LogP contribution is -2.30. The van der Waals surface area contributed by atoms with Crippen LogP contribution in [0.15, 0.2) is 47.0 Å². The Hall–Kier alpha value is -3.36. The van der Waals surface area contributed by atoms with Crippen molar-refractivity contribution in [2.45, 2.75) is 32.4 Å². The quantitative estimate of drug-likeness (QED) is 0.608. The highest BCUT2D eigenvalue weighted by atomic mass is 19.4. The van der Waals surface area contributed by atoms with E-state index in [0.29, 0.717) is 28.5 Å². The minimum atomic E-state index is -4.50. The average Bonchev–Trinajstić information content (AvgIpc) is 3.20. The van der Waals surface area contributed by atoms with Crippen LogP contribution < -0.4 is 10.2 Å². The molecule has 3 aromatic rings. The fraction of sp³-hybridized carbons (Fsp3) is 0.318. The topological polar surface area (TPSA) is 71.3 Å². The first kappa shape index (κ1) is 20.9. The first-order chi connectivity index (χ1) is 14.8. The Bertz CT molecular complexity index is 1070. The van der Waals surface area contributed by atoms with Gasteiger partial charge in [-0.3, -0.25) is 4.79 Å². The van der Waals surface area contributed by atoms with Crippen LogP contribution in [0.3, 0.4) is 0 Å². The highest BCUT2D eigenvalue weighted by Crippen LogP contribution is 2.36. The van der Waals surface area contributed by atoms with Gasteiger partial charge >= 0.3 is 6.18 Å². The van der Waals surface area contributed by atoms with Crippen LogP contribution in [0.25, 0.3) is 11.5 Å². The Morgan fingerprint density at radius 1 is 1.06 bits per heavy atom. The van der Waals surface area contributed by atoms with E-state index in [1.807, 2.05) is 4.90 Å². The zero-order valence-electron chi connectivity index (χ0n) is 16.9. The summed E-state index contributed by atoms with van der Waals surface area (Å²) in [6.45, 7) is 3.18. The van der Waals surface area contributed by atoms with Gasteiger partial charge in [-0.2, -0.15) is 18.2 Å². The number of hydrogen-bond acceptors (Lipinski definition) is 5. The number of nitrogens with zero attached hydrogens (tertiary/aromatic N) is 3. The summed E-state index contributed by atoms with van der Waals surface area (Å²) >= 11 is 0. The van der Waals surface area contributed by atoms with E-state index in [-0.39, 0.29) is 5.69 Å². The van der Waals surface area contributed by atoms with Crippen LogP contribution in [-0.4, -0.2) is 29.1 Å². The molecule has 2 aromatic carbocycles. The van der Waals surface area contributed by atoms with E-state index in [1.54, 1.807) is 31.2 Å². The standard InChI is InChI=1S/C22H21F3N4O2/c1-14-26-21(31-28-14)16-7-5-15(6-8-16)20(30)27-18-13-17(22(23,24)25)9-10-19(18)29-11-3-2-4-12-29/h5-10,13H,2-4,11-12H2,1H3,(H,27,30). The van der Waals surface area contributed by atoms with Gasteiger partial charge in [-0.15, -0.1) is 0 Å². The average molecular weight is 430 g/mol. The predicted octanol–water partition coefficient (Wildman–Crippen LogP) is 5.31. The molecule has 1 saturated heterocycles. The maximum Gasteiger partial charge on any atom is 0.416 e. The van der Waals surface area contributed by atoms with E-state index in [1.165, 1.54) is 6.07 Å². The lowest BCUT2D eigenvalue weighted by Gasteiger charge is -2.31. The molecule has 0 aliphatic carbocycles. The van der Waals surface area contributed by atoms with Crippen LogP contribution in [0.5, 0.6) is 0 Å². The third-order valence-electron chi connectivity index (χ3n) is 5.19. The highest BCUT2D eigenvalue weighted by Gasteiger charge is 2.32. The molecule has 1 amide bonds. The fourth-order valence-electron chi connectivity index (χ4n) is 3.60. The van der Waals surface area contributed by atoms with Crippen LogP contribution in [0.4, 0.5) is 24.5 Å². The van der Waals surface area contributed by atoms with Crippen LogP contribution in [0.2, 0.25) is 0 Å². The van der Waals surface area contributed by atoms with Crippen molar-refractivity contribution >= 4 is 17.3 Å². The predicted molar refractivity (Wildman–Crippen MR) is 110 cm³/mol. The first-order valence-electron chi connectivity index (χ1n) is 9.99. The number of halogens is 3. The van der Waals surface area contributed by atoms with Crippen molar-refractivity contribution in [1.29, 1.82) is 0 Å². The number of carbonyl (C=O) groups excluding carboxylic acids is 1. The highest BCUT2D eigenvalue weighted by molar-refractivity contribution is 6.06. The summed E-state index contributed by atoms with van der Waals surface area (Å²) in [6.07, 6.45) is -1.48. The molecule has 0 saturated carbocycles. The number of alkyl halides is 3. The van der Waals surface area contributed by atoms with Gasteiger partial charge < -0.3 is 14.7 Å². The molecule has 0 unspecified atom stereocenters. The third-order valence-corrected chi connectivity index (χ3v) is 5.19. The molecule has 2 heterocycles. The lowest BCUT2D eigenvalue weighted by molar-refractivity contribution is -0.137. The van der Waals surface area contributed by atoms with Crippen molar-refractivity contribution in [3.05, 3.63) is 59.4 Å². The number of hydrogen-bond donors (Lipinski definition) is 1. The van der Waals surface area contributed by atoms with Crippen molar-refractivity contribution in [3.63, 3.8) is 0 Å². The molecular weight excluding hydrogens is 409 g/mol. The van der Waals surface area contributed by atoms with Gasteiger partial charge in [0, 0.05) is 24.2 Å². The molecule has 162 valence electrons. The van der Waals surface area contributed by atoms with E-state index < -0.39 is 17.6 Å². The lowest BCUT2D eigenvalue weighted by atomic mass is 10.1. The number of piperidine rings is 1. The molecule has 1 fully saturated rings. The van der Waals surface area contributed by atoms with Gasteiger partial charge in [0.25, 0.3) is 11.8 Å². The fourth-order valence-corrected chi connectivity index (χ4v) is 3.60. The zero-order chi connectivity index (χ0) is 22.0. The number of benzene rings is 2. The van der Waals surface area contributed by atoms with E-state index in [9.17, 15) is 18.0 Å². The van der Waals surface area contributed by atoms with Gasteiger partial charge in [0.1, 0.15) is 0 Å². The molecule has 1 aliphatic heterocycles. The normalized spacial score (nSPS) is 14.5.